The molecule has 0 spiro atoms. The fourth-order valence-corrected chi connectivity index (χ4v) is 2.19. The molecule has 0 amide bonds. The highest BCUT2D eigenvalue weighted by Crippen LogP contribution is 2.16. The Morgan fingerprint density at radius 3 is 2.82 bits per heavy atom. The summed E-state index contributed by atoms with van der Waals surface area (Å²) >= 11 is 5.70. The van der Waals surface area contributed by atoms with E-state index < -0.39 is 0 Å². The van der Waals surface area contributed by atoms with Crippen LogP contribution in [0.25, 0.3) is 0 Å². The van der Waals surface area contributed by atoms with Gasteiger partial charge in [-0.2, -0.15) is 0 Å². The molecular weight excluding hydrogens is 241 g/mol. The van der Waals surface area contributed by atoms with Crippen molar-refractivity contribution in [2.24, 2.45) is 5.92 Å². The lowest BCUT2D eigenvalue weighted by atomic mass is 10.0. The smallest absolute Gasteiger partial charge is 0.129 e. The predicted octanol–water partition coefficient (Wildman–Crippen LogP) is 3.00. The summed E-state index contributed by atoms with van der Waals surface area (Å²) in [5.41, 5.74) is 0.668. The molecule has 2 rings (SSSR count). The number of benzene rings is 1. The van der Waals surface area contributed by atoms with E-state index in [1.54, 1.807) is 12.1 Å². The first-order valence-electron chi connectivity index (χ1n) is 5.98. The second kappa shape index (κ2) is 6.34. The van der Waals surface area contributed by atoms with Crippen LogP contribution in [0.4, 0.5) is 4.39 Å². The maximum Gasteiger partial charge on any atom is 0.129 e. The molecule has 0 bridgehead atoms. The third-order valence-corrected chi connectivity index (χ3v) is 3.34. The minimum absolute atomic E-state index is 0.239. The molecule has 1 aromatic rings. The van der Waals surface area contributed by atoms with E-state index in [1.807, 2.05) is 0 Å². The Balaban J connectivity index is 1.77. The van der Waals surface area contributed by atoms with Crippen LogP contribution in [-0.4, -0.2) is 19.8 Å². The lowest BCUT2D eigenvalue weighted by Gasteiger charge is -2.22. The highest BCUT2D eigenvalue weighted by molar-refractivity contribution is 6.30. The average Bonchev–Trinajstić information content (AvgIpc) is 2.33. The molecule has 0 aliphatic carbocycles. The number of nitrogens with one attached hydrogen (secondary N) is 1. The van der Waals surface area contributed by atoms with Crippen LogP contribution in [0.15, 0.2) is 18.2 Å². The minimum atomic E-state index is -0.239. The van der Waals surface area contributed by atoms with E-state index in [-0.39, 0.29) is 5.82 Å². The van der Waals surface area contributed by atoms with Gasteiger partial charge in [-0.05, 0) is 37.4 Å². The van der Waals surface area contributed by atoms with Gasteiger partial charge in [-0.1, -0.05) is 17.7 Å². The normalized spacial score (nSPS) is 17.3. The summed E-state index contributed by atoms with van der Waals surface area (Å²) in [6.45, 7) is 3.18. The fourth-order valence-electron chi connectivity index (χ4n) is 2.03. The van der Waals surface area contributed by atoms with Gasteiger partial charge in [0.05, 0.1) is 0 Å². The number of hydrogen-bond acceptors (Lipinski definition) is 2. The molecule has 1 saturated heterocycles. The molecular formula is C13H17ClFNO. The molecule has 0 saturated carbocycles. The van der Waals surface area contributed by atoms with Crippen molar-refractivity contribution < 1.29 is 9.13 Å². The van der Waals surface area contributed by atoms with E-state index in [1.165, 1.54) is 6.07 Å². The highest BCUT2D eigenvalue weighted by atomic mass is 35.5. The van der Waals surface area contributed by atoms with E-state index in [2.05, 4.69) is 5.32 Å². The van der Waals surface area contributed by atoms with E-state index in [9.17, 15) is 4.39 Å². The lowest BCUT2D eigenvalue weighted by Crippen LogP contribution is -2.27. The van der Waals surface area contributed by atoms with Crippen molar-refractivity contribution in [2.45, 2.75) is 19.4 Å². The van der Waals surface area contributed by atoms with Gasteiger partial charge in [0.2, 0.25) is 0 Å². The van der Waals surface area contributed by atoms with E-state index >= 15 is 0 Å². The largest absolute Gasteiger partial charge is 0.381 e. The zero-order valence-electron chi connectivity index (χ0n) is 9.72. The van der Waals surface area contributed by atoms with E-state index in [0.717, 1.165) is 32.6 Å². The van der Waals surface area contributed by atoms with Crippen LogP contribution in [-0.2, 0) is 11.3 Å². The van der Waals surface area contributed by atoms with Gasteiger partial charge >= 0.3 is 0 Å². The van der Waals surface area contributed by atoms with Crippen molar-refractivity contribution in [3.05, 3.63) is 34.6 Å². The molecule has 1 fully saturated rings. The molecule has 1 aliphatic rings. The predicted molar refractivity (Wildman–Crippen MR) is 66.7 cm³/mol. The summed E-state index contributed by atoms with van der Waals surface area (Å²) < 4.78 is 18.8. The van der Waals surface area contributed by atoms with Gasteiger partial charge in [0.25, 0.3) is 0 Å². The molecule has 1 N–H and O–H groups in total. The van der Waals surface area contributed by atoms with Crippen LogP contribution in [0, 0.1) is 11.7 Å². The Morgan fingerprint density at radius 2 is 2.12 bits per heavy atom. The van der Waals surface area contributed by atoms with Gasteiger partial charge in [0.1, 0.15) is 5.82 Å². The van der Waals surface area contributed by atoms with Crippen LogP contribution < -0.4 is 5.32 Å². The third kappa shape index (κ3) is 3.95. The monoisotopic (exact) mass is 257 g/mol. The molecule has 94 valence electrons. The first kappa shape index (κ1) is 12.8. The summed E-state index contributed by atoms with van der Waals surface area (Å²) in [6.07, 6.45) is 2.19. The summed E-state index contributed by atoms with van der Waals surface area (Å²) in [7, 11) is 0. The van der Waals surface area contributed by atoms with Gasteiger partial charge < -0.3 is 10.1 Å². The molecule has 1 aromatic carbocycles. The topological polar surface area (TPSA) is 21.3 Å². The summed E-state index contributed by atoms with van der Waals surface area (Å²) in [4.78, 5) is 0. The van der Waals surface area contributed by atoms with Gasteiger partial charge in [-0.15, -0.1) is 0 Å². The molecule has 17 heavy (non-hydrogen) atoms. The first-order valence-corrected chi connectivity index (χ1v) is 6.36. The van der Waals surface area contributed by atoms with Crippen molar-refractivity contribution in [2.75, 3.05) is 19.8 Å². The molecule has 2 nitrogen and oxygen atoms in total. The van der Waals surface area contributed by atoms with Crippen molar-refractivity contribution in [3.8, 4) is 0 Å². The van der Waals surface area contributed by atoms with Gasteiger partial charge in [-0.3, -0.25) is 0 Å². The van der Waals surface area contributed by atoms with Gasteiger partial charge in [0, 0.05) is 30.3 Å². The fraction of sp³-hybridized carbons (Fsp3) is 0.538. The van der Waals surface area contributed by atoms with E-state index in [4.69, 9.17) is 16.3 Å². The Labute approximate surface area is 106 Å². The molecule has 1 heterocycles. The van der Waals surface area contributed by atoms with Crippen molar-refractivity contribution in [1.29, 1.82) is 0 Å². The van der Waals surface area contributed by atoms with Crippen LogP contribution >= 0.6 is 11.6 Å². The third-order valence-electron chi connectivity index (χ3n) is 3.10. The van der Waals surface area contributed by atoms with Crippen molar-refractivity contribution >= 4 is 11.6 Å². The van der Waals surface area contributed by atoms with Crippen LogP contribution in [0.5, 0.6) is 0 Å². The van der Waals surface area contributed by atoms with Gasteiger partial charge in [0.15, 0.2) is 0 Å². The molecule has 1 aliphatic heterocycles. The van der Waals surface area contributed by atoms with Crippen LogP contribution in [0.2, 0.25) is 5.02 Å². The zero-order valence-corrected chi connectivity index (χ0v) is 10.5. The Kier molecular flexibility index (Phi) is 4.77. The maximum absolute atomic E-state index is 13.5. The van der Waals surface area contributed by atoms with Crippen LogP contribution in [0.3, 0.4) is 0 Å². The van der Waals surface area contributed by atoms with Gasteiger partial charge in [-0.25, -0.2) is 4.39 Å². The number of rotatable bonds is 4. The summed E-state index contributed by atoms with van der Waals surface area (Å²) in [5.74, 6) is 0.413. The summed E-state index contributed by atoms with van der Waals surface area (Å²) in [6, 6.07) is 4.80. The maximum atomic E-state index is 13.5. The Morgan fingerprint density at radius 1 is 1.35 bits per heavy atom. The first-order chi connectivity index (χ1) is 8.25. The molecule has 0 aromatic heterocycles. The Bertz CT molecular complexity index is 366. The molecule has 0 unspecified atom stereocenters. The number of ether oxygens (including phenoxy) is 1. The number of halogens is 2. The second-order valence-electron chi connectivity index (χ2n) is 4.42. The standard InChI is InChI=1S/C13H17ClFNO/c14-12-2-1-11(13(15)7-12)9-16-8-10-3-5-17-6-4-10/h1-2,7,10,16H,3-6,8-9H2. The molecule has 0 radical (unpaired) electrons. The lowest BCUT2D eigenvalue weighted by molar-refractivity contribution is 0.0662. The minimum Gasteiger partial charge on any atom is -0.381 e. The van der Waals surface area contributed by atoms with Crippen molar-refractivity contribution in [1.82, 2.24) is 5.32 Å². The highest BCUT2D eigenvalue weighted by Gasteiger charge is 2.13. The zero-order chi connectivity index (χ0) is 12.1. The Hall–Kier alpha value is -0.640. The number of hydrogen-bond donors (Lipinski definition) is 1. The van der Waals surface area contributed by atoms with E-state index in [0.29, 0.717) is 23.0 Å². The SMILES string of the molecule is Fc1cc(Cl)ccc1CNCC1CCOCC1. The van der Waals surface area contributed by atoms with Crippen LogP contribution in [0.1, 0.15) is 18.4 Å². The second-order valence-corrected chi connectivity index (χ2v) is 4.86. The quantitative estimate of drug-likeness (QED) is 0.895. The summed E-state index contributed by atoms with van der Waals surface area (Å²) in [5, 5.41) is 3.73. The average molecular weight is 258 g/mol. The molecule has 4 heteroatoms. The molecule has 0 atom stereocenters. The van der Waals surface area contributed by atoms with Crippen molar-refractivity contribution in [3.63, 3.8) is 0 Å².